The number of hydrogen-bond acceptors (Lipinski definition) is 3. The van der Waals surface area contributed by atoms with Crippen molar-refractivity contribution < 1.29 is 4.74 Å². The summed E-state index contributed by atoms with van der Waals surface area (Å²) in [4.78, 5) is 2.70. The molecule has 0 saturated heterocycles. The molecule has 0 heterocycles. The van der Waals surface area contributed by atoms with Crippen molar-refractivity contribution in [2.24, 2.45) is 5.92 Å². The lowest BCUT2D eigenvalue weighted by molar-refractivity contribution is 0.144. The lowest BCUT2D eigenvalue weighted by Crippen LogP contribution is -2.47. The molecule has 2 atom stereocenters. The molecule has 21 heavy (non-hydrogen) atoms. The number of aryl methyl sites for hydroxylation is 1. The van der Waals surface area contributed by atoms with Crippen molar-refractivity contribution in [3.05, 3.63) is 29.3 Å². The smallest absolute Gasteiger partial charge is 0.119 e. The Bertz CT molecular complexity index is 484. The van der Waals surface area contributed by atoms with Crippen molar-refractivity contribution in [1.29, 1.82) is 0 Å². The van der Waals surface area contributed by atoms with E-state index in [2.05, 4.69) is 42.4 Å². The van der Waals surface area contributed by atoms with Crippen LogP contribution >= 0.6 is 0 Å². The molecule has 0 amide bonds. The van der Waals surface area contributed by atoms with Crippen molar-refractivity contribution >= 4 is 0 Å². The summed E-state index contributed by atoms with van der Waals surface area (Å²) in [6.45, 7) is 4.74. The topological polar surface area (TPSA) is 24.5 Å². The number of hydrogen-bond donors (Lipinski definition) is 1. The molecule has 3 nitrogen and oxygen atoms in total. The summed E-state index contributed by atoms with van der Waals surface area (Å²) in [5.74, 6) is 1.94. The van der Waals surface area contributed by atoms with Crippen molar-refractivity contribution in [3.8, 4) is 5.75 Å². The predicted molar refractivity (Wildman–Crippen MR) is 86.9 cm³/mol. The standard InChI is InChI=1S/C18H28N2O/c1-4-20(12-13-5-6-13)17-10-7-14-11-15(21-3)8-9-16(14)18(17)19-2/h8-9,11,13,17-19H,4-7,10,12H2,1-3H3. The van der Waals surface area contributed by atoms with Crippen molar-refractivity contribution in [1.82, 2.24) is 10.2 Å². The van der Waals surface area contributed by atoms with Gasteiger partial charge in [0.2, 0.25) is 0 Å². The third-order valence-electron chi connectivity index (χ3n) is 5.16. The van der Waals surface area contributed by atoms with Gasteiger partial charge in [-0.1, -0.05) is 13.0 Å². The predicted octanol–water partition coefficient (Wildman–Crippen LogP) is 3.00. The lowest BCUT2D eigenvalue weighted by Gasteiger charge is -2.41. The highest BCUT2D eigenvalue weighted by molar-refractivity contribution is 5.40. The molecular formula is C18H28N2O. The molecule has 3 rings (SSSR count). The van der Waals surface area contributed by atoms with Crippen molar-refractivity contribution in [3.63, 3.8) is 0 Å². The first-order valence-electron chi connectivity index (χ1n) is 8.35. The monoisotopic (exact) mass is 288 g/mol. The molecule has 0 spiro atoms. The molecule has 0 bridgehead atoms. The Morgan fingerprint density at radius 3 is 2.71 bits per heavy atom. The minimum absolute atomic E-state index is 0.443. The van der Waals surface area contributed by atoms with E-state index in [1.165, 1.54) is 36.9 Å². The Balaban J connectivity index is 1.82. The van der Waals surface area contributed by atoms with Crippen LogP contribution in [-0.4, -0.2) is 38.2 Å². The number of fused-ring (bicyclic) bond motifs is 1. The summed E-state index contributed by atoms with van der Waals surface area (Å²) in [6, 6.07) is 7.64. The Morgan fingerprint density at radius 1 is 1.29 bits per heavy atom. The highest BCUT2D eigenvalue weighted by atomic mass is 16.5. The second-order valence-electron chi connectivity index (χ2n) is 6.47. The van der Waals surface area contributed by atoms with Crippen LogP contribution in [-0.2, 0) is 6.42 Å². The number of likely N-dealkylation sites (N-methyl/N-ethyl adjacent to an activating group) is 2. The minimum Gasteiger partial charge on any atom is -0.497 e. The maximum Gasteiger partial charge on any atom is 0.119 e. The maximum atomic E-state index is 5.37. The molecule has 0 radical (unpaired) electrons. The normalized spacial score (nSPS) is 25.0. The van der Waals surface area contributed by atoms with Gasteiger partial charge in [-0.3, -0.25) is 4.90 Å². The van der Waals surface area contributed by atoms with E-state index in [1.807, 2.05) is 0 Å². The molecule has 1 aromatic rings. The van der Waals surface area contributed by atoms with Crippen LogP contribution in [0.25, 0.3) is 0 Å². The summed E-state index contributed by atoms with van der Waals surface area (Å²) in [7, 11) is 3.85. The van der Waals surface area contributed by atoms with E-state index >= 15 is 0 Å². The molecule has 2 aliphatic carbocycles. The SMILES string of the molecule is CCN(CC1CC1)C1CCc2cc(OC)ccc2C1NC. The molecule has 116 valence electrons. The Hall–Kier alpha value is -1.06. The van der Waals surface area contributed by atoms with E-state index < -0.39 is 0 Å². The van der Waals surface area contributed by atoms with Crippen LogP contribution in [0, 0.1) is 5.92 Å². The molecule has 1 aromatic carbocycles. The maximum absolute atomic E-state index is 5.37. The second-order valence-corrected chi connectivity index (χ2v) is 6.47. The fraction of sp³-hybridized carbons (Fsp3) is 0.667. The Labute approximate surface area is 128 Å². The molecule has 1 fully saturated rings. The van der Waals surface area contributed by atoms with E-state index in [0.717, 1.165) is 24.6 Å². The van der Waals surface area contributed by atoms with Gasteiger partial charge in [-0.2, -0.15) is 0 Å². The van der Waals surface area contributed by atoms with Gasteiger partial charge in [0.15, 0.2) is 0 Å². The highest BCUT2D eigenvalue weighted by Gasteiger charge is 2.34. The van der Waals surface area contributed by atoms with Crippen molar-refractivity contribution in [2.75, 3.05) is 27.2 Å². The van der Waals surface area contributed by atoms with E-state index in [0.29, 0.717) is 12.1 Å². The summed E-state index contributed by atoms with van der Waals surface area (Å²) in [5, 5.41) is 3.57. The van der Waals surface area contributed by atoms with Gasteiger partial charge in [0, 0.05) is 18.6 Å². The number of methoxy groups -OCH3 is 1. The molecule has 1 N–H and O–H groups in total. The van der Waals surface area contributed by atoms with Crippen LogP contribution in [0.3, 0.4) is 0 Å². The molecule has 3 heteroatoms. The number of rotatable bonds is 6. The lowest BCUT2D eigenvalue weighted by atomic mass is 9.83. The van der Waals surface area contributed by atoms with E-state index in [9.17, 15) is 0 Å². The van der Waals surface area contributed by atoms with Gasteiger partial charge >= 0.3 is 0 Å². The number of nitrogens with zero attached hydrogens (tertiary/aromatic N) is 1. The Morgan fingerprint density at radius 2 is 2.10 bits per heavy atom. The van der Waals surface area contributed by atoms with Crippen LogP contribution in [0.5, 0.6) is 5.75 Å². The zero-order chi connectivity index (χ0) is 14.8. The number of nitrogens with one attached hydrogen (secondary N) is 1. The quantitative estimate of drug-likeness (QED) is 0.871. The molecule has 2 unspecified atom stereocenters. The minimum atomic E-state index is 0.443. The first-order valence-corrected chi connectivity index (χ1v) is 8.35. The fourth-order valence-corrected chi connectivity index (χ4v) is 3.78. The molecule has 2 aliphatic rings. The fourth-order valence-electron chi connectivity index (χ4n) is 3.78. The van der Waals surface area contributed by atoms with Gasteiger partial charge < -0.3 is 10.1 Å². The van der Waals surface area contributed by atoms with Crippen molar-refractivity contribution in [2.45, 2.75) is 44.7 Å². The number of benzene rings is 1. The average molecular weight is 288 g/mol. The van der Waals surface area contributed by atoms with Gasteiger partial charge in [0.05, 0.1) is 7.11 Å². The first-order chi connectivity index (χ1) is 10.3. The van der Waals surface area contributed by atoms with E-state index in [-0.39, 0.29) is 0 Å². The van der Waals surface area contributed by atoms with Gasteiger partial charge in [-0.15, -0.1) is 0 Å². The van der Waals surface area contributed by atoms with Crippen LogP contribution in [0.4, 0.5) is 0 Å². The van der Waals surface area contributed by atoms with Gasteiger partial charge in [0.1, 0.15) is 5.75 Å². The first kappa shape index (κ1) is 14.9. The number of ether oxygens (including phenoxy) is 1. The third kappa shape index (κ3) is 3.09. The molecule has 0 aromatic heterocycles. The third-order valence-corrected chi connectivity index (χ3v) is 5.16. The van der Waals surface area contributed by atoms with Crippen LogP contribution in [0.15, 0.2) is 18.2 Å². The highest BCUT2D eigenvalue weighted by Crippen LogP contribution is 2.37. The summed E-state index contributed by atoms with van der Waals surface area (Å²) in [6.07, 6.45) is 5.27. The second kappa shape index (κ2) is 6.37. The van der Waals surface area contributed by atoms with Gasteiger partial charge in [-0.05, 0) is 68.5 Å². The summed E-state index contributed by atoms with van der Waals surface area (Å²) in [5.41, 5.74) is 2.91. The van der Waals surface area contributed by atoms with Crippen LogP contribution in [0.1, 0.15) is 43.4 Å². The molecule has 1 saturated carbocycles. The average Bonchev–Trinajstić information content (AvgIpc) is 3.35. The zero-order valence-corrected chi connectivity index (χ0v) is 13.6. The van der Waals surface area contributed by atoms with E-state index in [1.54, 1.807) is 7.11 Å². The summed E-state index contributed by atoms with van der Waals surface area (Å²) >= 11 is 0. The molecule has 0 aliphatic heterocycles. The molecular weight excluding hydrogens is 260 g/mol. The largest absolute Gasteiger partial charge is 0.497 e. The zero-order valence-electron chi connectivity index (χ0n) is 13.6. The van der Waals surface area contributed by atoms with E-state index in [4.69, 9.17) is 4.74 Å². The van der Waals surface area contributed by atoms with Gasteiger partial charge in [-0.25, -0.2) is 0 Å². The van der Waals surface area contributed by atoms with Crippen LogP contribution in [0.2, 0.25) is 0 Å². The van der Waals surface area contributed by atoms with Crippen LogP contribution < -0.4 is 10.1 Å². The Kier molecular flexibility index (Phi) is 4.51. The summed E-state index contributed by atoms with van der Waals surface area (Å²) < 4.78 is 5.37. The van der Waals surface area contributed by atoms with Gasteiger partial charge in [0.25, 0.3) is 0 Å².